The summed E-state index contributed by atoms with van der Waals surface area (Å²) in [7, 11) is 1.61. The monoisotopic (exact) mass is 365 g/mol. The van der Waals surface area contributed by atoms with E-state index in [0.29, 0.717) is 5.75 Å². The molecule has 0 spiro atoms. The number of aryl methyl sites for hydroxylation is 1. The van der Waals surface area contributed by atoms with Crippen LogP contribution in [0, 0.1) is 6.92 Å². The second-order valence-corrected chi connectivity index (χ2v) is 6.73. The highest BCUT2D eigenvalue weighted by Gasteiger charge is 2.21. The summed E-state index contributed by atoms with van der Waals surface area (Å²) in [5, 5.41) is 2.98. The third-order valence-corrected chi connectivity index (χ3v) is 4.73. The van der Waals surface area contributed by atoms with Gasteiger partial charge in [0.1, 0.15) is 5.75 Å². The van der Waals surface area contributed by atoms with E-state index in [0.717, 1.165) is 44.0 Å². The second-order valence-electron chi connectivity index (χ2n) is 6.73. The van der Waals surface area contributed by atoms with Crippen molar-refractivity contribution in [1.29, 1.82) is 0 Å². The van der Waals surface area contributed by atoms with Crippen LogP contribution in [0.3, 0.4) is 0 Å². The zero-order valence-corrected chi connectivity index (χ0v) is 16.0. The van der Waals surface area contributed by atoms with Crippen LogP contribution in [-0.2, 0) is 0 Å². The lowest BCUT2D eigenvalue weighted by atomic mass is 10.2. The predicted molar refractivity (Wildman–Crippen MR) is 110 cm³/mol. The van der Waals surface area contributed by atoms with Gasteiger partial charge in [0.15, 0.2) is 0 Å². The smallest absolute Gasteiger partial charge is 0.322 e. The van der Waals surface area contributed by atoms with Crippen molar-refractivity contribution in [3.8, 4) is 5.75 Å². The quantitative estimate of drug-likeness (QED) is 0.875. The standard InChI is InChI=1S/C22H27N3O2/c1-18-10-11-21(27-2)20(17-18)23-22(26)25-15-13-24(14-16-25)12-6-9-19-7-4-3-5-8-19/h3-11,17H,12-16H2,1-2H3,(H,23,26)/b9-6+. The van der Waals surface area contributed by atoms with Crippen molar-refractivity contribution in [1.82, 2.24) is 9.80 Å². The molecule has 0 saturated carbocycles. The lowest BCUT2D eigenvalue weighted by Crippen LogP contribution is -2.49. The Morgan fingerprint density at radius 2 is 1.85 bits per heavy atom. The van der Waals surface area contributed by atoms with Crippen molar-refractivity contribution in [3.05, 3.63) is 65.7 Å². The van der Waals surface area contributed by atoms with Gasteiger partial charge in [-0.3, -0.25) is 4.90 Å². The third-order valence-electron chi connectivity index (χ3n) is 4.73. The summed E-state index contributed by atoms with van der Waals surface area (Å²) in [5.74, 6) is 0.679. The zero-order valence-electron chi connectivity index (χ0n) is 16.0. The molecule has 0 aromatic heterocycles. The van der Waals surface area contributed by atoms with E-state index in [1.165, 1.54) is 5.56 Å². The van der Waals surface area contributed by atoms with Crippen molar-refractivity contribution < 1.29 is 9.53 Å². The second kappa shape index (κ2) is 9.24. The number of ether oxygens (including phenoxy) is 1. The Labute approximate surface area is 161 Å². The van der Waals surface area contributed by atoms with Crippen LogP contribution in [0.1, 0.15) is 11.1 Å². The van der Waals surface area contributed by atoms with Gasteiger partial charge < -0.3 is 15.0 Å². The number of nitrogens with one attached hydrogen (secondary N) is 1. The molecule has 1 N–H and O–H groups in total. The van der Waals surface area contributed by atoms with Crippen molar-refractivity contribution in [2.24, 2.45) is 0 Å². The van der Waals surface area contributed by atoms with Gasteiger partial charge in [-0.05, 0) is 30.2 Å². The van der Waals surface area contributed by atoms with E-state index in [-0.39, 0.29) is 6.03 Å². The number of piperazine rings is 1. The van der Waals surface area contributed by atoms with E-state index in [1.54, 1.807) is 7.11 Å². The molecule has 1 saturated heterocycles. The summed E-state index contributed by atoms with van der Waals surface area (Å²) < 4.78 is 5.34. The molecule has 2 aromatic carbocycles. The zero-order chi connectivity index (χ0) is 19.1. The Kier molecular flexibility index (Phi) is 6.49. The minimum Gasteiger partial charge on any atom is -0.495 e. The Hall–Kier alpha value is -2.79. The van der Waals surface area contributed by atoms with Gasteiger partial charge in [0.05, 0.1) is 12.8 Å². The number of carbonyl (C=O) groups excluding carboxylic acids is 1. The number of urea groups is 1. The first-order valence-electron chi connectivity index (χ1n) is 9.30. The molecule has 1 fully saturated rings. The predicted octanol–water partition coefficient (Wildman–Crippen LogP) is 3.87. The van der Waals surface area contributed by atoms with Crippen molar-refractivity contribution in [2.75, 3.05) is 45.2 Å². The average molecular weight is 365 g/mol. The van der Waals surface area contributed by atoms with E-state index >= 15 is 0 Å². The van der Waals surface area contributed by atoms with Crippen molar-refractivity contribution in [3.63, 3.8) is 0 Å². The van der Waals surface area contributed by atoms with E-state index in [1.807, 2.05) is 48.2 Å². The van der Waals surface area contributed by atoms with E-state index < -0.39 is 0 Å². The molecule has 1 heterocycles. The number of benzene rings is 2. The van der Waals surface area contributed by atoms with Gasteiger partial charge in [0, 0.05) is 32.7 Å². The molecule has 1 aliphatic heterocycles. The third kappa shape index (κ3) is 5.34. The van der Waals surface area contributed by atoms with E-state index in [4.69, 9.17) is 4.74 Å². The van der Waals surface area contributed by atoms with Crippen molar-refractivity contribution >= 4 is 17.8 Å². The van der Waals surface area contributed by atoms with Crippen LogP contribution in [-0.4, -0.2) is 55.7 Å². The molecule has 0 unspecified atom stereocenters. The van der Waals surface area contributed by atoms with Gasteiger partial charge in [-0.15, -0.1) is 0 Å². The summed E-state index contributed by atoms with van der Waals surface area (Å²) in [6.07, 6.45) is 4.33. The van der Waals surface area contributed by atoms with Crippen LogP contribution in [0.2, 0.25) is 0 Å². The number of rotatable bonds is 5. The van der Waals surface area contributed by atoms with E-state index in [2.05, 4.69) is 34.5 Å². The summed E-state index contributed by atoms with van der Waals surface area (Å²) in [5.41, 5.74) is 3.01. The largest absolute Gasteiger partial charge is 0.495 e. The Balaban J connectivity index is 1.48. The minimum atomic E-state index is -0.0709. The molecule has 5 nitrogen and oxygen atoms in total. The molecule has 142 valence electrons. The van der Waals surface area contributed by atoms with Gasteiger partial charge in [-0.1, -0.05) is 48.6 Å². The Morgan fingerprint density at radius 1 is 1.11 bits per heavy atom. The first-order chi connectivity index (χ1) is 13.2. The molecule has 0 bridgehead atoms. The van der Waals surface area contributed by atoms with Gasteiger partial charge >= 0.3 is 6.03 Å². The molecule has 27 heavy (non-hydrogen) atoms. The highest BCUT2D eigenvalue weighted by Crippen LogP contribution is 2.25. The summed E-state index contributed by atoms with van der Waals surface area (Å²) in [4.78, 5) is 16.8. The molecule has 0 radical (unpaired) electrons. The Morgan fingerprint density at radius 3 is 2.56 bits per heavy atom. The summed E-state index contributed by atoms with van der Waals surface area (Å²) >= 11 is 0. The number of carbonyl (C=O) groups is 1. The summed E-state index contributed by atoms with van der Waals surface area (Å²) in [6, 6.07) is 16.0. The lowest BCUT2D eigenvalue weighted by Gasteiger charge is -2.34. The number of hydrogen-bond donors (Lipinski definition) is 1. The normalized spacial score (nSPS) is 15.1. The molecule has 0 aliphatic carbocycles. The summed E-state index contributed by atoms with van der Waals surface area (Å²) in [6.45, 7) is 6.08. The molecule has 0 atom stereocenters. The molecule has 3 rings (SSSR count). The maximum absolute atomic E-state index is 12.6. The number of hydrogen-bond acceptors (Lipinski definition) is 3. The van der Waals surface area contributed by atoms with Gasteiger partial charge in [-0.2, -0.15) is 0 Å². The molecule has 5 heteroatoms. The van der Waals surface area contributed by atoms with Crippen LogP contribution in [0.25, 0.3) is 6.08 Å². The fourth-order valence-electron chi connectivity index (χ4n) is 3.15. The maximum Gasteiger partial charge on any atom is 0.322 e. The van der Waals surface area contributed by atoms with Crippen LogP contribution in [0.15, 0.2) is 54.6 Å². The SMILES string of the molecule is COc1ccc(C)cc1NC(=O)N1CCN(C/C=C/c2ccccc2)CC1. The fourth-order valence-corrected chi connectivity index (χ4v) is 3.15. The first-order valence-corrected chi connectivity index (χ1v) is 9.30. The highest BCUT2D eigenvalue weighted by atomic mass is 16.5. The fraction of sp³-hybridized carbons (Fsp3) is 0.318. The molecule has 1 aliphatic rings. The van der Waals surface area contributed by atoms with E-state index in [9.17, 15) is 4.79 Å². The molecular formula is C22H27N3O2. The Bertz CT molecular complexity index is 781. The van der Waals surface area contributed by atoms with Gasteiger partial charge in [0.2, 0.25) is 0 Å². The van der Waals surface area contributed by atoms with Crippen LogP contribution < -0.4 is 10.1 Å². The highest BCUT2D eigenvalue weighted by molar-refractivity contribution is 5.91. The van der Waals surface area contributed by atoms with Gasteiger partial charge in [0.25, 0.3) is 0 Å². The van der Waals surface area contributed by atoms with Crippen molar-refractivity contribution in [2.45, 2.75) is 6.92 Å². The molecule has 2 amide bonds. The van der Waals surface area contributed by atoms with Crippen LogP contribution >= 0.6 is 0 Å². The topological polar surface area (TPSA) is 44.8 Å². The lowest BCUT2D eigenvalue weighted by molar-refractivity contribution is 0.156. The molecular weight excluding hydrogens is 338 g/mol. The van der Waals surface area contributed by atoms with Gasteiger partial charge in [-0.25, -0.2) is 4.79 Å². The van der Waals surface area contributed by atoms with Crippen LogP contribution in [0.4, 0.5) is 10.5 Å². The number of methoxy groups -OCH3 is 1. The first kappa shape index (κ1) is 19.0. The number of nitrogens with zero attached hydrogens (tertiary/aromatic N) is 2. The number of amides is 2. The minimum absolute atomic E-state index is 0.0709. The number of anilines is 1. The average Bonchev–Trinajstić information content (AvgIpc) is 2.69. The van der Waals surface area contributed by atoms with Crippen LogP contribution in [0.5, 0.6) is 5.75 Å². The maximum atomic E-state index is 12.6. The molecule has 2 aromatic rings.